The summed E-state index contributed by atoms with van der Waals surface area (Å²) in [7, 11) is 2.05. The number of nitrogens with one attached hydrogen (secondary N) is 1. The van der Waals surface area contributed by atoms with E-state index in [-0.39, 0.29) is 12.1 Å². The molecule has 0 bridgehead atoms. The molecule has 2 atom stereocenters. The van der Waals surface area contributed by atoms with Crippen molar-refractivity contribution in [2.24, 2.45) is 5.92 Å². The molecule has 0 aromatic carbocycles. The van der Waals surface area contributed by atoms with Gasteiger partial charge in [0.1, 0.15) is 0 Å². The van der Waals surface area contributed by atoms with Crippen molar-refractivity contribution in [2.45, 2.75) is 31.7 Å². The van der Waals surface area contributed by atoms with E-state index in [2.05, 4.69) is 17.3 Å². The van der Waals surface area contributed by atoms with Gasteiger partial charge in [0.25, 0.3) is 0 Å². The van der Waals surface area contributed by atoms with Crippen molar-refractivity contribution in [2.75, 3.05) is 33.2 Å². The number of carboxylic acid groups (broad SMARTS) is 1. The van der Waals surface area contributed by atoms with Crippen molar-refractivity contribution in [3.8, 4) is 0 Å². The molecule has 1 saturated heterocycles. The molecule has 2 N–H and O–H groups in total. The van der Waals surface area contributed by atoms with Crippen molar-refractivity contribution in [3.05, 3.63) is 0 Å². The average Bonchev–Trinajstić information content (AvgIpc) is 2.70. The van der Waals surface area contributed by atoms with E-state index in [1.807, 2.05) is 0 Å². The Bertz CT molecular complexity index is 348. The second-order valence-corrected chi connectivity index (χ2v) is 5.58. The van der Waals surface area contributed by atoms with Crippen molar-refractivity contribution in [1.82, 2.24) is 15.1 Å². The molecule has 2 amide bonds. The van der Waals surface area contributed by atoms with E-state index in [0.29, 0.717) is 13.0 Å². The van der Waals surface area contributed by atoms with Gasteiger partial charge in [0.2, 0.25) is 0 Å². The Morgan fingerprint density at radius 2 is 1.89 bits per heavy atom. The Morgan fingerprint density at radius 3 is 2.63 bits per heavy atom. The monoisotopic (exact) mass is 269 g/mol. The lowest BCUT2D eigenvalue weighted by atomic mass is 10.0. The van der Waals surface area contributed by atoms with Crippen LogP contribution in [0.5, 0.6) is 0 Å². The zero-order valence-electron chi connectivity index (χ0n) is 11.5. The highest BCUT2D eigenvalue weighted by Gasteiger charge is 2.34. The molecule has 2 unspecified atom stereocenters. The molecule has 108 valence electrons. The van der Waals surface area contributed by atoms with E-state index >= 15 is 0 Å². The van der Waals surface area contributed by atoms with E-state index in [1.165, 1.54) is 0 Å². The number of likely N-dealkylation sites (N-methyl/N-ethyl adjacent to an activating group) is 1. The normalized spacial score (nSPS) is 29.0. The molecule has 1 heterocycles. The molecule has 2 fully saturated rings. The topological polar surface area (TPSA) is 72.9 Å². The molecular weight excluding hydrogens is 246 g/mol. The smallest absolute Gasteiger partial charge is 0.317 e. The van der Waals surface area contributed by atoms with E-state index in [9.17, 15) is 9.59 Å². The van der Waals surface area contributed by atoms with Gasteiger partial charge in [0, 0.05) is 25.7 Å². The number of aliphatic carboxylic acids is 1. The fourth-order valence-electron chi connectivity index (χ4n) is 2.93. The van der Waals surface area contributed by atoms with Gasteiger partial charge in [-0.25, -0.2) is 4.79 Å². The van der Waals surface area contributed by atoms with Crippen molar-refractivity contribution < 1.29 is 14.7 Å². The lowest BCUT2D eigenvalue weighted by Crippen LogP contribution is -2.48. The van der Waals surface area contributed by atoms with Crippen LogP contribution in [0.15, 0.2) is 0 Å². The average molecular weight is 269 g/mol. The molecule has 0 aromatic heterocycles. The number of urea groups is 1. The van der Waals surface area contributed by atoms with Gasteiger partial charge in [-0.15, -0.1) is 0 Å². The van der Waals surface area contributed by atoms with E-state index < -0.39 is 11.9 Å². The first kappa shape index (κ1) is 14.1. The number of hydrogen-bond donors (Lipinski definition) is 2. The molecule has 2 rings (SSSR count). The summed E-state index contributed by atoms with van der Waals surface area (Å²) >= 11 is 0. The number of carbonyl (C=O) groups is 2. The zero-order valence-corrected chi connectivity index (χ0v) is 11.5. The summed E-state index contributed by atoms with van der Waals surface area (Å²) in [5.74, 6) is -1.21. The molecule has 0 spiro atoms. The summed E-state index contributed by atoms with van der Waals surface area (Å²) in [4.78, 5) is 27.3. The Labute approximate surface area is 113 Å². The Hall–Kier alpha value is -1.30. The lowest BCUT2D eigenvalue weighted by Gasteiger charge is -2.25. The zero-order chi connectivity index (χ0) is 13.8. The highest BCUT2D eigenvalue weighted by Crippen LogP contribution is 2.26. The minimum absolute atomic E-state index is 0.103. The highest BCUT2D eigenvalue weighted by atomic mass is 16.4. The van der Waals surface area contributed by atoms with Crippen LogP contribution in [0.4, 0.5) is 4.79 Å². The van der Waals surface area contributed by atoms with Crippen LogP contribution in [0.3, 0.4) is 0 Å². The fourth-order valence-corrected chi connectivity index (χ4v) is 2.93. The number of carbonyl (C=O) groups excluding carboxylic acids is 1. The minimum atomic E-state index is -0.793. The van der Waals surface area contributed by atoms with Crippen LogP contribution >= 0.6 is 0 Å². The van der Waals surface area contributed by atoms with Crippen LogP contribution < -0.4 is 5.32 Å². The maximum absolute atomic E-state index is 12.2. The fraction of sp³-hybridized carbons (Fsp3) is 0.846. The summed E-state index contributed by atoms with van der Waals surface area (Å²) < 4.78 is 0. The molecule has 19 heavy (non-hydrogen) atoms. The van der Waals surface area contributed by atoms with Gasteiger partial charge in [0.15, 0.2) is 0 Å². The number of rotatable bonds is 2. The molecule has 1 aliphatic carbocycles. The molecule has 1 aliphatic heterocycles. The molecule has 1 saturated carbocycles. The first-order chi connectivity index (χ1) is 9.08. The summed E-state index contributed by atoms with van der Waals surface area (Å²) in [6.45, 7) is 3.35. The third-order valence-electron chi connectivity index (χ3n) is 4.15. The van der Waals surface area contributed by atoms with Gasteiger partial charge in [-0.05, 0) is 32.9 Å². The van der Waals surface area contributed by atoms with Gasteiger partial charge in [-0.2, -0.15) is 0 Å². The van der Waals surface area contributed by atoms with Crippen LogP contribution in [-0.4, -0.2) is 66.2 Å². The number of amides is 2. The molecular formula is C13H23N3O3. The predicted octanol–water partition coefficient (Wildman–Crippen LogP) is 0.587. The van der Waals surface area contributed by atoms with Crippen LogP contribution in [0.2, 0.25) is 0 Å². The molecule has 2 aliphatic rings. The Morgan fingerprint density at radius 1 is 1.11 bits per heavy atom. The standard InChI is InChI=1S/C13H23N3O3/c1-15-6-3-7-16(9-8-15)13(19)14-11-5-2-4-10(11)12(17)18/h10-11H,2-9H2,1H3,(H,14,19)(H,17,18). The first-order valence-corrected chi connectivity index (χ1v) is 7.04. The van der Waals surface area contributed by atoms with Crippen LogP contribution in [-0.2, 0) is 4.79 Å². The van der Waals surface area contributed by atoms with Crippen LogP contribution in [0, 0.1) is 5.92 Å². The van der Waals surface area contributed by atoms with Gasteiger partial charge < -0.3 is 20.2 Å². The lowest BCUT2D eigenvalue weighted by molar-refractivity contribution is -0.142. The largest absolute Gasteiger partial charge is 0.481 e. The van der Waals surface area contributed by atoms with Crippen molar-refractivity contribution >= 4 is 12.0 Å². The quantitative estimate of drug-likeness (QED) is 0.769. The summed E-state index contributed by atoms with van der Waals surface area (Å²) in [6.07, 6.45) is 3.29. The van der Waals surface area contributed by atoms with Crippen LogP contribution in [0.25, 0.3) is 0 Å². The Balaban J connectivity index is 1.88. The number of nitrogens with zero attached hydrogens (tertiary/aromatic N) is 2. The van der Waals surface area contributed by atoms with Crippen molar-refractivity contribution in [1.29, 1.82) is 0 Å². The molecule has 0 aromatic rings. The van der Waals surface area contributed by atoms with E-state index in [4.69, 9.17) is 5.11 Å². The predicted molar refractivity (Wildman–Crippen MR) is 71.0 cm³/mol. The Kier molecular flexibility index (Phi) is 4.63. The van der Waals surface area contributed by atoms with E-state index in [1.54, 1.807) is 4.90 Å². The summed E-state index contributed by atoms with van der Waals surface area (Å²) in [6, 6.07) is -0.306. The molecule has 6 heteroatoms. The van der Waals surface area contributed by atoms with Gasteiger partial charge in [-0.3, -0.25) is 4.79 Å². The van der Waals surface area contributed by atoms with Crippen LogP contribution in [0.1, 0.15) is 25.7 Å². The second-order valence-electron chi connectivity index (χ2n) is 5.58. The summed E-state index contributed by atoms with van der Waals surface area (Å²) in [5, 5.41) is 12.0. The molecule has 0 radical (unpaired) electrons. The maximum Gasteiger partial charge on any atom is 0.317 e. The molecule has 6 nitrogen and oxygen atoms in total. The highest BCUT2D eigenvalue weighted by molar-refractivity contribution is 5.77. The van der Waals surface area contributed by atoms with Gasteiger partial charge in [-0.1, -0.05) is 6.42 Å². The number of hydrogen-bond acceptors (Lipinski definition) is 3. The first-order valence-electron chi connectivity index (χ1n) is 7.04. The summed E-state index contributed by atoms with van der Waals surface area (Å²) in [5.41, 5.74) is 0. The second kappa shape index (κ2) is 6.23. The van der Waals surface area contributed by atoms with Crippen molar-refractivity contribution in [3.63, 3.8) is 0 Å². The maximum atomic E-state index is 12.2. The minimum Gasteiger partial charge on any atom is -0.481 e. The third kappa shape index (κ3) is 3.59. The van der Waals surface area contributed by atoms with Gasteiger partial charge >= 0.3 is 12.0 Å². The van der Waals surface area contributed by atoms with E-state index in [0.717, 1.165) is 38.9 Å². The number of carboxylic acids is 1. The third-order valence-corrected chi connectivity index (χ3v) is 4.15. The SMILES string of the molecule is CN1CCCN(C(=O)NC2CCCC2C(=O)O)CC1. The van der Waals surface area contributed by atoms with Gasteiger partial charge in [0.05, 0.1) is 5.92 Å².